The maximum atomic E-state index is 5.35. The summed E-state index contributed by atoms with van der Waals surface area (Å²) >= 11 is 0. The van der Waals surface area contributed by atoms with Crippen LogP contribution in [0.25, 0.3) is 0 Å². The molecule has 0 atom stereocenters. The molecule has 0 saturated heterocycles. The first-order valence-corrected chi connectivity index (χ1v) is 5.99. The third-order valence-electron chi connectivity index (χ3n) is 2.68. The van der Waals surface area contributed by atoms with Crippen LogP contribution < -0.4 is 14.8 Å². The molecule has 2 rings (SSSR count). The molecule has 0 radical (unpaired) electrons. The molecule has 0 saturated carbocycles. The quantitative estimate of drug-likeness (QED) is 0.748. The van der Waals surface area contributed by atoms with Crippen LogP contribution in [0.2, 0.25) is 0 Å². The van der Waals surface area contributed by atoms with Crippen molar-refractivity contribution in [3.8, 4) is 11.5 Å². The van der Waals surface area contributed by atoms with Gasteiger partial charge in [0.2, 0.25) is 6.79 Å². The molecule has 0 unspecified atom stereocenters. The molecule has 0 spiro atoms. The van der Waals surface area contributed by atoms with Crippen LogP contribution in [0.15, 0.2) is 18.2 Å². The Kier molecular flexibility index (Phi) is 4.05. The van der Waals surface area contributed by atoms with E-state index in [4.69, 9.17) is 9.47 Å². The second-order valence-corrected chi connectivity index (χ2v) is 4.04. The first kappa shape index (κ1) is 11.3. The molecule has 1 N–H and O–H groups in total. The zero-order chi connectivity index (χ0) is 11.2. The highest BCUT2D eigenvalue weighted by Gasteiger charge is 2.12. The Hall–Kier alpha value is -1.22. The van der Waals surface area contributed by atoms with Crippen molar-refractivity contribution in [3.63, 3.8) is 0 Å². The lowest BCUT2D eigenvalue weighted by Gasteiger charge is -2.04. The van der Waals surface area contributed by atoms with Crippen LogP contribution in [-0.4, -0.2) is 19.9 Å². The van der Waals surface area contributed by atoms with Crippen molar-refractivity contribution < 1.29 is 9.47 Å². The number of ether oxygens (including phenoxy) is 2. The van der Waals surface area contributed by atoms with Gasteiger partial charge in [-0.3, -0.25) is 0 Å². The van der Waals surface area contributed by atoms with E-state index in [0.29, 0.717) is 6.79 Å². The summed E-state index contributed by atoms with van der Waals surface area (Å²) < 4.78 is 10.6. The molecule has 1 aromatic rings. The van der Waals surface area contributed by atoms with Crippen LogP contribution >= 0.6 is 0 Å². The van der Waals surface area contributed by atoms with Crippen molar-refractivity contribution in [2.75, 3.05) is 19.9 Å². The van der Waals surface area contributed by atoms with Crippen molar-refractivity contribution in [1.82, 2.24) is 5.32 Å². The topological polar surface area (TPSA) is 30.5 Å². The molecule has 0 amide bonds. The Bertz CT molecular complexity index is 339. The normalized spacial score (nSPS) is 13.1. The third kappa shape index (κ3) is 2.89. The van der Waals surface area contributed by atoms with Crippen LogP contribution in [0.4, 0.5) is 0 Å². The van der Waals surface area contributed by atoms with Gasteiger partial charge in [-0.05, 0) is 50.0 Å². The van der Waals surface area contributed by atoms with E-state index in [0.717, 1.165) is 31.0 Å². The number of hydrogen-bond donors (Lipinski definition) is 1. The summed E-state index contributed by atoms with van der Waals surface area (Å²) in [6.45, 7) is 4.74. The molecule has 0 fully saturated rings. The minimum atomic E-state index is 0.358. The Morgan fingerprint density at radius 3 is 2.94 bits per heavy atom. The monoisotopic (exact) mass is 221 g/mol. The molecule has 3 nitrogen and oxygen atoms in total. The van der Waals surface area contributed by atoms with Gasteiger partial charge in [-0.1, -0.05) is 13.0 Å². The molecule has 1 heterocycles. The fourth-order valence-corrected chi connectivity index (χ4v) is 1.82. The van der Waals surface area contributed by atoms with Crippen molar-refractivity contribution in [1.29, 1.82) is 0 Å². The number of nitrogens with one attached hydrogen (secondary N) is 1. The first-order valence-electron chi connectivity index (χ1n) is 5.99. The number of benzene rings is 1. The van der Waals surface area contributed by atoms with Gasteiger partial charge in [0.1, 0.15) is 0 Å². The predicted octanol–water partition coefficient (Wildman–Crippen LogP) is 2.35. The van der Waals surface area contributed by atoms with E-state index in [2.05, 4.69) is 24.4 Å². The third-order valence-corrected chi connectivity index (χ3v) is 2.68. The summed E-state index contributed by atoms with van der Waals surface area (Å²) in [7, 11) is 0. The average molecular weight is 221 g/mol. The maximum Gasteiger partial charge on any atom is 0.231 e. The van der Waals surface area contributed by atoms with Gasteiger partial charge in [-0.25, -0.2) is 0 Å². The lowest BCUT2D eigenvalue weighted by molar-refractivity contribution is 0.174. The van der Waals surface area contributed by atoms with E-state index < -0.39 is 0 Å². The highest BCUT2D eigenvalue weighted by molar-refractivity contribution is 5.44. The second kappa shape index (κ2) is 5.75. The Morgan fingerprint density at radius 1 is 1.19 bits per heavy atom. The number of rotatable bonds is 6. The second-order valence-electron chi connectivity index (χ2n) is 4.04. The zero-order valence-electron chi connectivity index (χ0n) is 9.79. The molecule has 1 aliphatic rings. The fraction of sp³-hybridized carbons (Fsp3) is 0.538. The number of fused-ring (bicyclic) bond motifs is 1. The minimum absolute atomic E-state index is 0.358. The Balaban J connectivity index is 1.77. The van der Waals surface area contributed by atoms with E-state index in [1.165, 1.54) is 18.4 Å². The van der Waals surface area contributed by atoms with Gasteiger partial charge in [-0.2, -0.15) is 0 Å². The molecule has 3 heteroatoms. The van der Waals surface area contributed by atoms with Gasteiger partial charge in [0, 0.05) is 0 Å². The summed E-state index contributed by atoms with van der Waals surface area (Å²) in [5, 5.41) is 3.40. The molecule has 88 valence electrons. The lowest BCUT2D eigenvalue weighted by atomic mass is 10.1. The van der Waals surface area contributed by atoms with Crippen LogP contribution in [0.1, 0.15) is 25.3 Å². The Labute approximate surface area is 96.8 Å². The van der Waals surface area contributed by atoms with E-state index >= 15 is 0 Å². The van der Waals surface area contributed by atoms with E-state index in [-0.39, 0.29) is 0 Å². The number of aryl methyl sites for hydroxylation is 1. The van der Waals surface area contributed by atoms with Gasteiger partial charge < -0.3 is 14.8 Å². The highest BCUT2D eigenvalue weighted by Crippen LogP contribution is 2.32. The van der Waals surface area contributed by atoms with Gasteiger partial charge in [0.25, 0.3) is 0 Å². The van der Waals surface area contributed by atoms with Crippen molar-refractivity contribution in [3.05, 3.63) is 23.8 Å². The molecule has 1 aliphatic heterocycles. The zero-order valence-corrected chi connectivity index (χ0v) is 9.79. The van der Waals surface area contributed by atoms with Gasteiger partial charge >= 0.3 is 0 Å². The van der Waals surface area contributed by atoms with Crippen molar-refractivity contribution in [2.45, 2.75) is 26.2 Å². The Morgan fingerprint density at radius 2 is 2.06 bits per heavy atom. The molecular weight excluding hydrogens is 202 g/mol. The molecule has 1 aromatic carbocycles. The average Bonchev–Trinajstić information content (AvgIpc) is 2.76. The molecule has 16 heavy (non-hydrogen) atoms. The summed E-state index contributed by atoms with van der Waals surface area (Å²) in [6, 6.07) is 6.20. The first-order chi connectivity index (χ1) is 7.90. The predicted molar refractivity (Wildman–Crippen MR) is 64.0 cm³/mol. The SMILES string of the molecule is CCCNCCCc1ccc2c(c1)OCO2. The van der Waals surface area contributed by atoms with Crippen molar-refractivity contribution in [2.24, 2.45) is 0 Å². The largest absolute Gasteiger partial charge is 0.454 e. The van der Waals surface area contributed by atoms with Gasteiger partial charge in [-0.15, -0.1) is 0 Å². The molecular formula is C13H19NO2. The van der Waals surface area contributed by atoms with E-state index in [1.807, 2.05) is 6.07 Å². The smallest absolute Gasteiger partial charge is 0.231 e. The minimum Gasteiger partial charge on any atom is -0.454 e. The molecule has 0 bridgehead atoms. The van der Waals surface area contributed by atoms with Crippen LogP contribution in [0, 0.1) is 0 Å². The lowest BCUT2D eigenvalue weighted by Crippen LogP contribution is -2.16. The molecule has 0 aliphatic carbocycles. The highest BCUT2D eigenvalue weighted by atomic mass is 16.7. The van der Waals surface area contributed by atoms with Gasteiger partial charge in [0.05, 0.1) is 0 Å². The van der Waals surface area contributed by atoms with Gasteiger partial charge in [0.15, 0.2) is 11.5 Å². The molecule has 0 aromatic heterocycles. The van der Waals surface area contributed by atoms with E-state index in [9.17, 15) is 0 Å². The fourth-order valence-electron chi connectivity index (χ4n) is 1.82. The maximum absolute atomic E-state index is 5.35. The summed E-state index contributed by atoms with van der Waals surface area (Å²) in [5.41, 5.74) is 1.32. The summed E-state index contributed by atoms with van der Waals surface area (Å²) in [6.07, 6.45) is 3.46. The van der Waals surface area contributed by atoms with Crippen LogP contribution in [0.3, 0.4) is 0 Å². The number of hydrogen-bond acceptors (Lipinski definition) is 3. The van der Waals surface area contributed by atoms with Crippen LogP contribution in [0.5, 0.6) is 11.5 Å². The van der Waals surface area contributed by atoms with Crippen LogP contribution in [-0.2, 0) is 6.42 Å². The standard InChI is InChI=1S/C13H19NO2/c1-2-7-14-8-3-4-11-5-6-12-13(9-11)16-10-15-12/h5-6,9,14H,2-4,7-8,10H2,1H3. The van der Waals surface area contributed by atoms with Crippen molar-refractivity contribution >= 4 is 0 Å². The van der Waals surface area contributed by atoms with E-state index in [1.54, 1.807) is 0 Å². The summed E-state index contributed by atoms with van der Waals surface area (Å²) in [5.74, 6) is 1.76. The summed E-state index contributed by atoms with van der Waals surface area (Å²) in [4.78, 5) is 0.